The summed E-state index contributed by atoms with van der Waals surface area (Å²) in [6.45, 7) is 1.44. The van der Waals surface area contributed by atoms with Gasteiger partial charge in [0.2, 0.25) is 11.7 Å². The van der Waals surface area contributed by atoms with Crippen molar-refractivity contribution < 1.29 is 23.5 Å². The van der Waals surface area contributed by atoms with Gasteiger partial charge in [-0.2, -0.15) is 0 Å². The molecule has 43 heavy (non-hydrogen) atoms. The molecule has 12 heteroatoms. The number of esters is 1. The molecule has 5 aromatic rings. The smallest absolute Gasteiger partial charge is 0.338 e. The molecule has 1 atom stereocenters. The number of nitrogens with one attached hydrogen (secondary N) is 1. The fourth-order valence-corrected chi connectivity index (χ4v) is 4.58. The number of hydrogen-bond donors (Lipinski definition) is 2. The van der Waals surface area contributed by atoms with Crippen LogP contribution in [0.1, 0.15) is 33.5 Å². The number of amides is 1. The zero-order valence-corrected chi connectivity index (χ0v) is 23.7. The van der Waals surface area contributed by atoms with Crippen LogP contribution < -0.4 is 16.6 Å². The Bertz CT molecular complexity index is 1870. The van der Waals surface area contributed by atoms with Gasteiger partial charge < -0.3 is 20.2 Å². The number of Topliss-reactive ketones (excluding diaryl/α,β-unsaturated/α-hetero) is 1. The number of benzene rings is 3. The highest BCUT2D eigenvalue weighted by Gasteiger charge is 2.28. The van der Waals surface area contributed by atoms with E-state index in [0.29, 0.717) is 10.6 Å². The molecule has 0 fully saturated rings. The molecule has 5 rings (SSSR count). The lowest BCUT2D eigenvalue weighted by Crippen LogP contribution is -2.45. The highest BCUT2D eigenvalue weighted by molar-refractivity contribution is 6.30. The van der Waals surface area contributed by atoms with Gasteiger partial charge in [-0.3, -0.25) is 19.0 Å². The van der Waals surface area contributed by atoms with Gasteiger partial charge in [0.15, 0.2) is 5.58 Å². The molecular formula is C31H26ClN5O6. The lowest BCUT2D eigenvalue weighted by Gasteiger charge is -2.18. The number of nitrogen functional groups attached to an aromatic ring is 1. The van der Waals surface area contributed by atoms with E-state index in [2.05, 4.69) is 15.3 Å². The Balaban J connectivity index is 1.44. The number of nitrogens with two attached hydrogens (primary N) is 1. The second-order valence-corrected chi connectivity index (χ2v) is 9.97. The topological polar surface area (TPSA) is 159 Å². The van der Waals surface area contributed by atoms with Gasteiger partial charge in [-0.15, -0.1) is 0 Å². The van der Waals surface area contributed by atoms with Crippen LogP contribution in [0.5, 0.6) is 0 Å². The van der Waals surface area contributed by atoms with Gasteiger partial charge in [-0.1, -0.05) is 41.9 Å². The summed E-state index contributed by atoms with van der Waals surface area (Å²) in [6, 6.07) is 19.1. The van der Waals surface area contributed by atoms with Gasteiger partial charge in [0.25, 0.3) is 11.4 Å². The number of nitrogens with zero attached hydrogens (tertiary/aromatic N) is 3. The third-order valence-corrected chi connectivity index (χ3v) is 6.77. The predicted molar refractivity (Wildman–Crippen MR) is 160 cm³/mol. The minimum Gasteiger partial charge on any atom is -0.462 e. The quantitative estimate of drug-likeness (QED) is 0.178. The first-order chi connectivity index (χ1) is 20.7. The zero-order chi connectivity index (χ0) is 30.5. The summed E-state index contributed by atoms with van der Waals surface area (Å²) < 4.78 is 11.9. The summed E-state index contributed by atoms with van der Waals surface area (Å²) >= 11 is 6.01. The van der Waals surface area contributed by atoms with Crippen LogP contribution in [0.25, 0.3) is 22.5 Å². The van der Waals surface area contributed by atoms with Crippen LogP contribution in [0.15, 0.2) is 88.2 Å². The van der Waals surface area contributed by atoms with Gasteiger partial charge in [-0.05, 0) is 55.0 Å². The number of carbonyl (C=O) groups is 3. The first kappa shape index (κ1) is 29.2. The van der Waals surface area contributed by atoms with Crippen molar-refractivity contribution in [1.29, 1.82) is 0 Å². The van der Waals surface area contributed by atoms with E-state index in [1.54, 1.807) is 31.2 Å². The molecular weight excluding hydrogens is 574 g/mol. The Hall–Kier alpha value is -5.29. The first-order valence-electron chi connectivity index (χ1n) is 13.3. The third kappa shape index (κ3) is 6.62. The average molecular weight is 600 g/mol. The number of rotatable bonds is 10. The number of hydrogen-bond acceptors (Lipinski definition) is 9. The fraction of sp³-hybridized carbons (Fsp3) is 0.161. The van der Waals surface area contributed by atoms with Crippen LogP contribution in [0.2, 0.25) is 5.02 Å². The Morgan fingerprint density at radius 1 is 1.07 bits per heavy atom. The van der Waals surface area contributed by atoms with E-state index in [1.807, 2.05) is 30.3 Å². The monoisotopic (exact) mass is 599 g/mol. The molecule has 0 spiro atoms. The third-order valence-electron chi connectivity index (χ3n) is 6.52. The molecule has 0 saturated carbocycles. The van der Waals surface area contributed by atoms with Crippen LogP contribution in [0.3, 0.4) is 0 Å². The molecule has 0 aliphatic carbocycles. The Labute approximate surface area is 250 Å². The summed E-state index contributed by atoms with van der Waals surface area (Å²) in [5, 5.41) is 3.22. The molecule has 3 aromatic carbocycles. The van der Waals surface area contributed by atoms with E-state index in [4.69, 9.17) is 26.5 Å². The zero-order valence-electron chi connectivity index (χ0n) is 23.0. The highest BCUT2D eigenvalue weighted by Crippen LogP contribution is 2.21. The molecule has 0 aliphatic heterocycles. The molecule has 0 bridgehead atoms. The van der Waals surface area contributed by atoms with E-state index in [0.717, 1.165) is 10.1 Å². The van der Waals surface area contributed by atoms with Crippen molar-refractivity contribution in [3.8, 4) is 11.4 Å². The second-order valence-electron chi connectivity index (χ2n) is 9.53. The van der Waals surface area contributed by atoms with E-state index in [1.165, 1.54) is 24.4 Å². The number of carbonyl (C=O) groups excluding carboxylic acids is 3. The number of fused-ring (bicyclic) bond motifs is 1. The van der Waals surface area contributed by atoms with Gasteiger partial charge in [-0.25, -0.2) is 14.8 Å². The molecule has 2 aromatic heterocycles. The minimum atomic E-state index is -1.10. The summed E-state index contributed by atoms with van der Waals surface area (Å²) in [4.78, 5) is 60.8. The normalized spacial score (nSPS) is 11.7. The van der Waals surface area contributed by atoms with Crippen LogP contribution in [0.4, 0.5) is 5.69 Å². The Morgan fingerprint density at radius 2 is 1.81 bits per heavy atom. The number of ketones is 1. The van der Waals surface area contributed by atoms with Crippen molar-refractivity contribution in [2.24, 2.45) is 0 Å². The molecule has 218 valence electrons. The number of anilines is 1. The van der Waals surface area contributed by atoms with Gasteiger partial charge in [0, 0.05) is 17.0 Å². The highest BCUT2D eigenvalue weighted by atomic mass is 35.5. The van der Waals surface area contributed by atoms with Gasteiger partial charge >= 0.3 is 5.97 Å². The van der Waals surface area contributed by atoms with Gasteiger partial charge in [0.05, 0.1) is 18.4 Å². The molecule has 0 saturated heterocycles. The van der Waals surface area contributed by atoms with E-state index < -0.39 is 35.8 Å². The largest absolute Gasteiger partial charge is 0.462 e. The molecule has 3 N–H and O–H groups in total. The maximum absolute atomic E-state index is 13.7. The maximum Gasteiger partial charge on any atom is 0.338 e. The summed E-state index contributed by atoms with van der Waals surface area (Å²) in [6.07, 6.45) is 1.34. The summed E-state index contributed by atoms with van der Waals surface area (Å²) in [5.41, 5.74) is 7.20. The second kappa shape index (κ2) is 12.7. The van der Waals surface area contributed by atoms with Crippen molar-refractivity contribution >= 4 is 46.0 Å². The van der Waals surface area contributed by atoms with Crippen LogP contribution in [-0.2, 0) is 22.5 Å². The number of halogens is 1. The Kier molecular flexibility index (Phi) is 8.63. The summed E-state index contributed by atoms with van der Waals surface area (Å²) in [7, 11) is 0. The lowest BCUT2D eigenvalue weighted by molar-refractivity contribution is -0.122. The first-order valence-corrected chi connectivity index (χ1v) is 13.7. The Morgan fingerprint density at radius 3 is 2.53 bits per heavy atom. The number of oxazole rings is 1. The predicted octanol–water partition coefficient (Wildman–Crippen LogP) is 4.07. The van der Waals surface area contributed by atoms with E-state index in [-0.39, 0.29) is 47.1 Å². The number of aromatic nitrogens is 3. The molecule has 1 amide bonds. The van der Waals surface area contributed by atoms with Crippen LogP contribution >= 0.6 is 11.6 Å². The standard InChI is InChI=1S/C31H26ClN5O6/c1-2-42-31(41)20-10-13-25-23(15-20)36-29(43-25)27(39)24(14-18-6-4-3-5-7-18)35-26(38)17-37-28(34-16-22(33)30(37)40)19-8-11-21(32)12-9-19/h3-13,15-16,24H,2,14,17,33H2,1H3,(H,35,38). The molecule has 11 nitrogen and oxygen atoms in total. The molecule has 2 heterocycles. The lowest BCUT2D eigenvalue weighted by atomic mass is 10.0. The SMILES string of the molecule is CCOC(=O)c1ccc2oc(C(=O)C(Cc3ccccc3)NC(=O)Cn3c(-c4ccc(Cl)cc4)ncc(N)c3=O)nc2c1. The minimum absolute atomic E-state index is 0.117. The van der Waals surface area contributed by atoms with E-state index >= 15 is 0 Å². The molecule has 1 unspecified atom stereocenters. The molecule has 0 aliphatic rings. The van der Waals surface area contributed by atoms with Crippen molar-refractivity contribution in [2.45, 2.75) is 25.9 Å². The molecule has 0 radical (unpaired) electrons. The van der Waals surface area contributed by atoms with E-state index in [9.17, 15) is 19.2 Å². The van der Waals surface area contributed by atoms with Crippen molar-refractivity contribution in [3.05, 3.63) is 111 Å². The number of ether oxygens (including phenoxy) is 1. The average Bonchev–Trinajstić information content (AvgIpc) is 3.44. The van der Waals surface area contributed by atoms with Crippen molar-refractivity contribution in [1.82, 2.24) is 19.9 Å². The maximum atomic E-state index is 13.7. The van der Waals surface area contributed by atoms with Crippen LogP contribution in [0, 0.1) is 0 Å². The van der Waals surface area contributed by atoms with Crippen molar-refractivity contribution in [3.63, 3.8) is 0 Å². The van der Waals surface area contributed by atoms with Crippen LogP contribution in [-0.4, -0.2) is 44.8 Å². The van der Waals surface area contributed by atoms with Crippen molar-refractivity contribution in [2.75, 3.05) is 12.3 Å². The fourth-order valence-electron chi connectivity index (χ4n) is 4.45. The summed E-state index contributed by atoms with van der Waals surface area (Å²) in [5.74, 6) is -1.81. The van der Waals surface area contributed by atoms with Gasteiger partial charge in [0.1, 0.15) is 29.6 Å².